The van der Waals surface area contributed by atoms with Gasteiger partial charge in [0, 0.05) is 23.6 Å². The highest BCUT2D eigenvalue weighted by molar-refractivity contribution is 5.87. The fourth-order valence-corrected chi connectivity index (χ4v) is 2.61. The summed E-state index contributed by atoms with van der Waals surface area (Å²) in [4.78, 5) is 4.39. The van der Waals surface area contributed by atoms with Gasteiger partial charge in [-0.1, -0.05) is 30.2 Å². The van der Waals surface area contributed by atoms with Crippen molar-refractivity contribution in [3.8, 4) is 23.6 Å². The number of terminal acetylenes is 1. The number of fused-ring (bicyclic) bond motifs is 1. The molecule has 0 amide bonds. The Bertz CT molecular complexity index is 894. The maximum Gasteiger partial charge on any atom is 0.131 e. The summed E-state index contributed by atoms with van der Waals surface area (Å²) >= 11 is 0. The Morgan fingerprint density at radius 1 is 1.22 bits per heavy atom. The predicted octanol–water partition coefficient (Wildman–Crippen LogP) is 3.89. The van der Waals surface area contributed by atoms with Crippen LogP contribution in [0.15, 0.2) is 48.7 Å². The van der Waals surface area contributed by atoms with Crippen LogP contribution >= 0.6 is 0 Å². The highest BCUT2D eigenvalue weighted by Gasteiger charge is 2.07. The quantitative estimate of drug-likeness (QED) is 0.745. The van der Waals surface area contributed by atoms with Crippen molar-refractivity contribution >= 4 is 10.8 Å². The van der Waals surface area contributed by atoms with E-state index in [1.165, 1.54) is 6.07 Å². The third kappa shape index (κ3) is 3.23. The van der Waals surface area contributed by atoms with Gasteiger partial charge in [0.15, 0.2) is 0 Å². The number of hydrogen-bond acceptors (Lipinski definition) is 2. The molecule has 23 heavy (non-hydrogen) atoms. The summed E-state index contributed by atoms with van der Waals surface area (Å²) in [5.74, 6) is 2.05. The molecular formula is C20H16FNO. The van der Waals surface area contributed by atoms with Gasteiger partial charge in [-0.15, -0.1) is 6.42 Å². The average molecular weight is 305 g/mol. The molecule has 0 saturated carbocycles. The van der Waals surface area contributed by atoms with Crippen molar-refractivity contribution in [2.75, 3.05) is 0 Å². The van der Waals surface area contributed by atoms with Crippen molar-refractivity contribution in [1.29, 1.82) is 0 Å². The molecule has 0 aliphatic carbocycles. The summed E-state index contributed by atoms with van der Waals surface area (Å²) < 4.78 is 14.1. The van der Waals surface area contributed by atoms with Crippen LogP contribution < -0.4 is 0 Å². The third-order valence-electron chi connectivity index (χ3n) is 3.79. The molecule has 0 aliphatic heterocycles. The van der Waals surface area contributed by atoms with E-state index in [4.69, 9.17) is 6.42 Å². The van der Waals surface area contributed by atoms with Crippen LogP contribution in [0.4, 0.5) is 4.39 Å². The van der Waals surface area contributed by atoms with Gasteiger partial charge >= 0.3 is 0 Å². The predicted molar refractivity (Wildman–Crippen MR) is 90.4 cm³/mol. The molecule has 2 aromatic carbocycles. The molecule has 1 unspecified atom stereocenters. The van der Waals surface area contributed by atoms with Crippen LogP contribution in [0.2, 0.25) is 0 Å². The number of aromatic nitrogens is 1. The number of benzene rings is 2. The molecule has 0 radical (unpaired) electrons. The number of rotatable bonds is 3. The van der Waals surface area contributed by atoms with Gasteiger partial charge < -0.3 is 5.11 Å². The van der Waals surface area contributed by atoms with Crippen LogP contribution in [0.1, 0.15) is 11.1 Å². The molecular weight excluding hydrogens is 289 g/mol. The average Bonchev–Trinajstić information content (AvgIpc) is 2.55. The Morgan fingerprint density at radius 2 is 2.04 bits per heavy atom. The third-order valence-corrected chi connectivity index (χ3v) is 3.79. The molecule has 114 valence electrons. The molecule has 0 spiro atoms. The van der Waals surface area contributed by atoms with E-state index in [0.29, 0.717) is 11.8 Å². The van der Waals surface area contributed by atoms with Gasteiger partial charge in [0.05, 0.1) is 5.69 Å². The van der Waals surface area contributed by atoms with Crippen molar-refractivity contribution in [3.05, 3.63) is 65.6 Å². The lowest BCUT2D eigenvalue weighted by Crippen LogP contribution is -2.06. The first-order valence-corrected chi connectivity index (χ1v) is 7.36. The summed E-state index contributed by atoms with van der Waals surface area (Å²) in [6, 6.07) is 12.9. The highest BCUT2D eigenvalue weighted by atomic mass is 19.1. The standard InChI is InChI=1S/C20H16FNO/c1-3-17(23)10-14-4-7-20(22-12-14)16-6-5-15-8-13(2)9-19(21)18(15)11-16/h1,4-9,11-12,17,23H,10H2,2H3. The van der Waals surface area contributed by atoms with Crippen LogP contribution in [-0.4, -0.2) is 16.2 Å². The molecule has 1 heterocycles. The second kappa shape index (κ2) is 6.20. The Morgan fingerprint density at radius 3 is 2.74 bits per heavy atom. The fourth-order valence-electron chi connectivity index (χ4n) is 2.61. The van der Waals surface area contributed by atoms with Crippen LogP contribution in [0.5, 0.6) is 0 Å². The first kappa shape index (κ1) is 15.2. The van der Waals surface area contributed by atoms with Gasteiger partial charge in [-0.3, -0.25) is 4.98 Å². The maximum absolute atomic E-state index is 14.1. The minimum absolute atomic E-state index is 0.226. The Kier molecular flexibility index (Phi) is 4.10. The molecule has 0 fully saturated rings. The molecule has 3 aromatic rings. The highest BCUT2D eigenvalue weighted by Crippen LogP contribution is 2.26. The zero-order valence-electron chi connectivity index (χ0n) is 12.8. The van der Waals surface area contributed by atoms with Gasteiger partial charge in [-0.05, 0) is 41.6 Å². The molecule has 0 bridgehead atoms. The first-order chi connectivity index (χ1) is 11.1. The van der Waals surface area contributed by atoms with Gasteiger partial charge in [-0.25, -0.2) is 4.39 Å². The lowest BCUT2D eigenvalue weighted by molar-refractivity contribution is 0.233. The minimum atomic E-state index is -0.805. The van der Waals surface area contributed by atoms with E-state index in [1.807, 2.05) is 43.3 Å². The molecule has 1 atom stereocenters. The lowest BCUT2D eigenvalue weighted by Gasteiger charge is -2.07. The number of aryl methyl sites for hydroxylation is 1. The number of aliphatic hydroxyl groups excluding tert-OH is 1. The normalized spacial score (nSPS) is 12.1. The maximum atomic E-state index is 14.1. The Balaban J connectivity index is 1.95. The van der Waals surface area contributed by atoms with Gasteiger partial charge in [0.25, 0.3) is 0 Å². The smallest absolute Gasteiger partial charge is 0.131 e. The summed E-state index contributed by atoms with van der Waals surface area (Å²) in [7, 11) is 0. The summed E-state index contributed by atoms with van der Waals surface area (Å²) in [6.07, 6.45) is 6.41. The van der Waals surface area contributed by atoms with Crippen LogP contribution in [0, 0.1) is 25.1 Å². The monoisotopic (exact) mass is 305 g/mol. The van der Waals surface area contributed by atoms with E-state index < -0.39 is 6.10 Å². The number of halogens is 1. The van der Waals surface area contributed by atoms with E-state index in [2.05, 4.69) is 10.9 Å². The second-order valence-electron chi connectivity index (χ2n) is 5.62. The summed E-state index contributed by atoms with van der Waals surface area (Å²) in [6.45, 7) is 1.88. The van der Waals surface area contributed by atoms with Crippen molar-refractivity contribution in [2.24, 2.45) is 0 Å². The van der Waals surface area contributed by atoms with Crippen molar-refractivity contribution < 1.29 is 9.50 Å². The van der Waals surface area contributed by atoms with Crippen molar-refractivity contribution in [2.45, 2.75) is 19.4 Å². The Labute approximate surface area is 134 Å². The number of hydrogen-bond donors (Lipinski definition) is 1. The van der Waals surface area contributed by atoms with Crippen molar-refractivity contribution in [1.82, 2.24) is 4.98 Å². The van der Waals surface area contributed by atoms with E-state index in [-0.39, 0.29) is 5.82 Å². The Hall–Kier alpha value is -2.70. The van der Waals surface area contributed by atoms with Crippen LogP contribution in [0.25, 0.3) is 22.0 Å². The SMILES string of the molecule is C#CC(O)Cc1ccc(-c2ccc3cc(C)cc(F)c3c2)nc1. The van der Waals surface area contributed by atoms with E-state index >= 15 is 0 Å². The van der Waals surface area contributed by atoms with Gasteiger partial charge in [0.1, 0.15) is 11.9 Å². The first-order valence-electron chi connectivity index (χ1n) is 7.36. The summed E-state index contributed by atoms with van der Waals surface area (Å²) in [5.41, 5.74) is 3.37. The molecule has 0 aliphatic rings. The minimum Gasteiger partial charge on any atom is -0.380 e. The van der Waals surface area contributed by atoms with Gasteiger partial charge in [-0.2, -0.15) is 0 Å². The van der Waals surface area contributed by atoms with E-state index in [1.54, 1.807) is 6.20 Å². The molecule has 3 heteroatoms. The fraction of sp³-hybridized carbons (Fsp3) is 0.150. The number of aliphatic hydroxyl groups is 1. The number of nitrogens with zero attached hydrogens (tertiary/aromatic N) is 1. The second-order valence-corrected chi connectivity index (χ2v) is 5.62. The van der Waals surface area contributed by atoms with Gasteiger partial charge in [0.2, 0.25) is 0 Å². The topological polar surface area (TPSA) is 33.1 Å². The van der Waals surface area contributed by atoms with E-state index in [9.17, 15) is 9.50 Å². The molecule has 0 saturated heterocycles. The van der Waals surface area contributed by atoms with Crippen LogP contribution in [0.3, 0.4) is 0 Å². The molecule has 1 N–H and O–H groups in total. The number of pyridine rings is 1. The van der Waals surface area contributed by atoms with Crippen LogP contribution in [-0.2, 0) is 6.42 Å². The van der Waals surface area contributed by atoms with E-state index in [0.717, 1.165) is 27.8 Å². The summed E-state index contributed by atoms with van der Waals surface area (Å²) in [5, 5.41) is 10.9. The lowest BCUT2D eigenvalue weighted by atomic mass is 10.0. The zero-order chi connectivity index (χ0) is 16.4. The molecule has 2 nitrogen and oxygen atoms in total. The molecule has 3 rings (SSSR count). The largest absolute Gasteiger partial charge is 0.380 e. The van der Waals surface area contributed by atoms with Crippen molar-refractivity contribution in [3.63, 3.8) is 0 Å². The zero-order valence-corrected chi connectivity index (χ0v) is 12.8. The molecule has 1 aromatic heterocycles.